The molecule has 0 heterocycles. The van der Waals surface area contributed by atoms with Crippen LogP contribution in [0.15, 0.2) is 59.5 Å². The maximum Gasteiger partial charge on any atom is 0.243 e. The molecule has 1 atom stereocenters. The van der Waals surface area contributed by atoms with Gasteiger partial charge in [-0.05, 0) is 42.6 Å². The Morgan fingerprint density at radius 1 is 1.09 bits per heavy atom. The summed E-state index contributed by atoms with van der Waals surface area (Å²) in [5, 5.41) is -0.702. The molecule has 0 bridgehead atoms. The first kappa shape index (κ1) is 17.7. The van der Waals surface area contributed by atoms with Gasteiger partial charge in [-0.2, -0.15) is 4.31 Å². The van der Waals surface area contributed by atoms with Crippen molar-refractivity contribution in [3.63, 3.8) is 0 Å². The third kappa shape index (κ3) is 4.19. The number of rotatable bonds is 6. The van der Waals surface area contributed by atoms with Crippen molar-refractivity contribution in [2.75, 3.05) is 7.05 Å². The molecular weight excluding hydrogens is 334 g/mol. The molecule has 2 aromatic rings. The van der Waals surface area contributed by atoms with E-state index >= 15 is 0 Å². The topological polar surface area (TPSA) is 54.5 Å². The van der Waals surface area contributed by atoms with Crippen LogP contribution in [0.1, 0.15) is 11.1 Å². The van der Waals surface area contributed by atoms with Crippen LogP contribution >= 0.6 is 11.6 Å². The van der Waals surface area contributed by atoms with E-state index in [0.717, 1.165) is 15.4 Å². The summed E-state index contributed by atoms with van der Waals surface area (Å²) >= 11 is 5.66. The minimum atomic E-state index is -3.79. The Balaban J connectivity index is 2.31. The lowest BCUT2D eigenvalue weighted by Crippen LogP contribution is -2.42. The lowest BCUT2D eigenvalue weighted by Gasteiger charge is -2.24. The van der Waals surface area contributed by atoms with Crippen molar-refractivity contribution < 1.29 is 13.2 Å². The van der Waals surface area contributed by atoms with Gasteiger partial charge >= 0.3 is 0 Å². The van der Waals surface area contributed by atoms with Crippen LogP contribution in [0.3, 0.4) is 0 Å². The highest BCUT2D eigenvalue weighted by atomic mass is 35.5. The van der Waals surface area contributed by atoms with Crippen LogP contribution < -0.4 is 0 Å². The fraction of sp³-hybridized carbons (Fsp3) is 0.235. The number of hydrogen-bond acceptors (Lipinski definition) is 3. The van der Waals surface area contributed by atoms with Crippen LogP contribution in [0, 0.1) is 6.92 Å². The van der Waals surface area contributed by atoms with E-state index < -0.39 is 21.3 Å². The summed E-state index contributed by atoms with van der Waals surface area (Å²) in [4.78, 5) is 11.9. The number of benzene rings is 2. The molecule has 6 heteroatoms. The average Bonchev–Trinajstić information content (AvgIpc) is 2.53. The van der Waals surface area contributed by atoms with Crippen LogP contribution in [0.5, 0.6) is 0 Å². The zero-order valence-corrected chi connectivity index (χ0v) is 14.5. The van der Waals surface area contributed by atoms with Crippen molar-refractivity contribution in [1.29, 1.82) is 0 Å². The van der Waals surface area contributed by atoms with Gasteiger partial charge in [-0.3, -0.25) is 4.79 Å². The first-order valence-corrected chi connectivity index (χ1v) is 8.92. The zero-order valence-electron chi connectivity index (χ0n) is 12.9. The maximum absolute atomic E-state index is 12.7. The smallest absolute Gasteiger partial charge is 0.243 e. The van der Waals surface area contributed by atoms with Crippen LogP contribution in [0.2, 0.25) is 0 Å². The SMILES string of the molecule is Cc1ccc(S(=O)(=O)N(C)[C@@H](Cc2ccccc2)C(=O)Cl)cc1. The molecule has 23 heavy (non-hydrogen) atoms. The normalized spacial score (nSPS) is 13.0. The molecule has 0 aromatic heterocycles. The predicted molar refractivity (Wildman–Crippen MR) is 90.9 cm³/mol. The molecule has 0 radical (unpaired) electrons. The van der Waals surface area contributed by atoms with E-state index in [-0.39, 0.29) is 11.3 Å². The van der Waals surface area contributed by atoms with E-state index in [2.05, 4.69) is 0 Å². The standard InChI is InChI=1S/C17H18ClNO3S/c1-13-8-10-15(11-9-13)23(21,22)19(2)16(17(18)20)12-14-6-4-3-5-7-14/h3-11,16H,12H2,1-2H3/t16-/m0/s1. The number of likely N-dealkylation sites (N-methyl/N-ethyl adjacent to an activating group) is 1. The Bertz CT molecular complexity index is 773. The molecule has 2 aromatic carbocycles. The minimum absolute atomic E-state index is 0.140. The number of carbonyl (C=O) groups excluding carboxylic acids is 1. The van der Waals surface area contributed by atoms with Gasteiger partial charge in [0.1, 0.15) is 6.04 Å². The van der Waals surface area contributed by atoms with Gasteiger partial charge in [-0.25, -0.2) is 8.42 Å². The third-order valence-corrected chi connectivity index (χ3v) is 5.80. The molecule has 122 valence electrons. The van der Waals surface area contributed by atoms with E-state index in [1.165, 1.54) is 19.2 Å². The molecule has 4 nitrogen and oxygen atoms in total. The van der Waals surface area contributed by atoms with E-state index in [1.54, 1.807) is 12.1 Å². The summed E-state index contributed by atoms with van der Waals surface area (Å²) in [5.74, 6) is 0. The van der Waals surface area contributed by atoms with Crippen LogP contribution in [-0.2, 0) is 21.2 Å². The molecule has 0 N–H and O–H groups in total. The molecule has 2 rings (SSSR count). The Hall–Kier alpha value is -1.69. The second kappa shape index (κ2) is 7.25. The summed E-state index contributed by atoms with van der Waals surface area (Å²) in [7, 11) is -2.41. The molecule has 0 aliphatic heterocycles. The number of nitrogens with zero attached hydrogens (tertiary/aromatic N) is 1. The van der Waals surface area contributed by atoms with Gasteiger partial charge in [-0.1, -0.05) is 48.0 Å². The molecule has 0 unspecified atom stereocenters. The van der Waals surface area contributed by atoms with E-state index in [0.29, 0.717) is 0 Å². The summed E-state index contributed by atoms with van der Waals surface area (Å²) in [6.45, 7) is 1.88. The molecular formula is C17H18ClNO3S. The maximum atomic E-state index is 12.7. The molecule has 0 aliphatic rings. The van der Waals surface area contributed by atoms with Crippen molar-refractivity contribution >= 4 is 26.9 Å². The van der Waals surface area contributed by atoms with Crippen molar-refractivity contribution in [3.8, 4) is 0 Å². The van der Waals surface area contributed by atoms with Crippen LogP contribution in [-0.4, -0.2) is 31.1 Å². The summed E-state index contributed by atoms with van der Waals surface area (Å²) in [5.41, 5.74) is 1.80. The molecule has 0 amide bonds. The zero-order chi connectivity index (χ0) is 17.0. The van der Waals surface area contributed by atoms with Crippen LogP contribution in [0.4, 0.5) is 0 Å². The number of sulfonamides is 1. The van der Waals surface area contributed by atoms with E-state index in [4.69, 9.17) is 11.6 Å². The summed E-state index contributed by atoms with van der Waals surface area (Å²) in [6.07, 6.45) is 0.227. The lowest BCUT2D eigenvalue weighted by atomic mass is 10.1. The number of halogens is 1. The van der Waals surface area contributed by atoms with Gasteiger partial charge in [0.05, 0.1) is 4.90 Å². The highest BCUT2D eigenvalue weighted by molar-refractivity contribution is 7.89. The van der Waals surface area contributed by atoms with E-state index in [9.17, 15) is 13.2 Å². The van der Waals surface area contributed by atoms with Gasteiger partial charge in [0.2, 0.25) is 15.3 Å². The van der Waals surface area contributed by atoms with Gasteiger partial charge in [0.15, 0.2) is 0 Å². The van der Waals surface area contributed by atoms with Gasteiger partial charge < -0.3 is 0 Å². The number of hydrogen-bond donors (Lipinski definition) is 0. The third-order valence-electron chi connectivity index (χ3n) is 3.67. The second-order valence-electron chi connectivity index (χ2n) is 5.34. The minimum Gasteiger partial charge on any atom is -0.279 e. The fourth-order valence-corrected chi connectivity index (χ4v) is 3.83. The van der Waals surface area contributed by atoms with Gasteiger partial charge in [0, 0.05) is 7.05 Å². The Kier molecular flexibility index (Phi) is 5.57. The van der Waals surface area contributed by atoms with Crippen molar-refractivity contribution in [3.05, 3.63) is 65.7 Å². The monoisotopic (exact) mass is 351 g/mol. The Labute approximate surface area is 141 Å². The second-order valence-corrected chi connectivity index (χ2v) is 7.71. The molecule has 0 aliphatic carbocycles. The van der Waals surface area contributed by atoms with Crippen molar-refractivity contribution in [2.24, 2.45) is 0 Å². The van der Waals surface area contributed by atoms with Crippen LogP contribution in [0.25, 0.3) is 0 Å². The Morgan fingerprint density at radius 2 is 1.65 bits per heavy atom. The van der Waals surface area contributed by atoms with E-state index in [1.807, 2.05) is 37.3 Å². The van der Waals surface area contributed by atoms with Gasteiger partial charge in [-0.15, -0.1) is 0 Å². The van der Waals surface area contributed by atoms with Crippen molar-refractivity contribution in [1.82, 2.24) is 4.31 Å². The highest BCUT2D eigenvalue weighted by Gasteiger charge is 2.32. The average molecular weight is 352 g/mol. The van der Waals surface area contributed by atoms with Crippen molar-refractivity contribution in [2.45, 2.75) is 24.3 Å². The fourth-order valence-electron chi connectivity index (χ4n) is 2.23. The predicted octanol–water partition coefficient (Wildman–Crippen LogP) is 2.99. The highest BCUT2D eigenvalue weighted by Crippen LogP contribution is 2.20. The van der Waals surface area contributed by atoms with Gasteiger partial charge in [0.25, 0.3) is 0 Å². The summed E-state index contributed by atoms with van der Waals surface area (Å²) in [6, 6.07) is 14.7. The number of carbonyl (C=O) groups is 1. The largest absolute Gasteiger partial charge is 0.279 e. The Morgan fingerprint density at radius 3 is 2.17 bits per heavy atom. The quantitative estimate of drug-likeness (QED) is 0.752. The molecule has 0 spiro atoms. The lowest BCUT2D eigenvalue weighted by molar-refractivity contribution is -0.114. The molecule has 0 fully saturated rings. The summed E-state index contributed by atoms with van der Waals surface area (Å²) < 4.78 is 26.4. The molecule has 0 saturated carbocycles. The number of aryl methyl sites for hydroxylation is 1. The first-order chi connectivity index (χ1) is 10.8. The molecule has 0 saturated heterocycles. The first-order valence-electron chi connectivity index (χ1n) is 7.10.